The molecule has 0 unspecified atom stereocenters. The maximum Gasteiger partial charge on any atom is 0.123 e. The van der Waals surface area contributed by atoms with E-state index < -0.39 is 0 Å². The number of aromatic amines is 1. The maximum atomic E-state index is 14.0. The molecule has 0 atom stereocenters. The first-order valence-electron chi connectivity index (χ1n) is 15.2. The molecule has 3 aromatic carbocycles. The lowest BCUT2D eigenvalue weighted by molar-refractivity contribution is 0.431. The Kier molecular flexibility index (Phi) is 10.6. The van der Waals surface area contributed by atoms with Crippen molar-refractivity contribution >= 4 is 16.5 Å². The monoisotopic (exact) mass is 597 g/mol. The summed E-state index contributed by atoms with van der Waals surface area (Å²) in [5.74, 6) is -0.259. The molecule has 0 aliphatic heterocycles. The molecule has 3 nitrogen and oxygen atoms in total. The van der Waals surface area contributed by atoms with Gasteiger partial charge in [0, 0.05) is 40.6 Å². The van der Waals surface area contributed by atoms with E-state index in [1.807, 2.05) is 56.5 Å². The Bertz CT molecular complexity index is 1830. The molecule has 0 spiro atoms. The van der Waals surface area contributed by atoms with E-state index in [1.54, 1.807) is 12.1 Å². The average molecular weight is 598 g/mol. The van der Waals surface area contributed by atoms with Gasteiger partial charge in [0.1, 0.15) is 5.82 Å². The minimum atomic E-state index is -0.259. The number of benzene rings is 3. The van der Waals surface area contributed by atoms with Gasteiger partial charge in [-0.25, -0.2) is 4.39 Å². The summed E-state index contributed by atoms with van der Waals surface area (Å²) in [5, 5.41) is 7.95. The summed E-state index contributed by atoms with van der Waals surface area (Å²) in [7, 11) is 1.88. The molecule has 0 aliphatic rings. The van der Waals surface area contributed by atoms with Gasteiger partial charge >= 0.3 is 0 Å². The molecule has 3 N–H and O–H groups in total. The van der Waals surface area contributed by atoms with Crippen LogP contribution in [-0.4, -0.2) is 17.6 Å². The zero-order chi connectivity index (χ0) is 32.6. The molecule has 4 heteroatoms. The second-order valence-corrected chi connectivity index (χ2v) is 11.8. The molecular weight excluding hydrogens is 553 g/mol. The number of halogens is 1. The second kappa shape index (κ2) is 14.6. The number of nitrogens with one attached hydrogen (secondary N) is 3. The maximum absolute atomic E-state index is 14.0. The number of rotatable bonds is 13. The fourth-order valence-corrected chi connectivity index (χ4v) is 5.47. The van der Waals surface area contributed by atoms with Crippen LogP contribution in [-0.2, 0) is 6.42 Å². The highest BCUT2D eigenvalue weighted by Gasteiger charge is 2.19. The Morgan fingerprint density at radius 2 is 1.69 bits per heavy atom. The van der Waals surface area contributed by atoms with Gasteiger partial charge < -0.3 is 15.6 Å². The number of aromatic nitrogens is 1. The van der Waals surface area contributed by atoms with E-state index in [-0.39, 0.29) is 11.4 Å². The molecule has 1 aromatic heterocycles. The van der Waals surface area contributed by atoms with Gasteiger partial charge in [-0.2, -0.15) is 0 Å². The van der Waals surface area contributed by atoms with Gasteiger partial charge in [-0.05, 0) is 116 Å². The number of fused-ring (bicyclic) bond motifs is 1. The van der Waals surface area contributed by atoms with Crippen molar-refractivity contribution < 1.29 is 4.39 Å². The standard InChI is InChI=1S/C41H44FN3/c1-9-32(25-35(10-2)45-41(6,7)27-31-16-12-11-13-17-31)28(3)22-23-38(43-8)29(4)30(5)40-26-37-36(20-15-21-39(37)44-40)33-18-14-19-34(42)24-33/h9-26,43-45H,2,4-5,27H2,1,3,6-8H3/b28-22+,32-9+,35-25+,38-23+. The van der Waals surface area contributed by atoms with Crippen LogP contribution in [0.5, 0.6) is 0 Å². The fraction of sp³-hybridized carbons (Fsp3) is 0.171. The van der Waals surface area contributed by atoms with Crippen molar-refractivity contribution in [3.05, 3.63) is 174 Å². The Morgan fingerprint density at radius 3 is 2.36 bits per heavy atom. The third-order valence-corrected chi connectivity index (χ3v) is 7.85. The minimum Gasteiger partial charge on any atom is -0.388 e. The van der Waals surface area contributed by atoms with Gasteiger partial charge in [0.25, 0.3) is 0 Å². The molecule has 0 fully saturated rings. The third kappa shape index (κ3) is 8.30. The topological polar surface area (TPSA) is 39.9 Å². The second-order valence-electron chi connectivity index (χ2n) is 11.8. The number of allylic oxidation sites excluding steroid dienone is 8. The van der Waals surface area contributed by atoms with Gasteiger partial charge in [0.2, 0.25) is 0 Å². The molecule has 0 bridgehead atoms. The van der Waals surface area contributed by atoms with Crippen molar-refractivity contribution in [1.29, 1.82) is 0 Å². The van der Waals surface area contributed by atoms with Gasteiger partial charge in [-0.15, -0.1) is 0 Å². The van der Waals surface area contributed by atoms with Crippen LogP contribution < -0.4 is 10.6 Å². The molecular formula is C41H44FN3. The summed E-state index contributed by atoms with van der Waals surface area (Å²) in [5.41, 5.74) is 10.3. The molecule has 0 amide bonds. The Labute approximate surface area is 268 Å². The molecule has 1 heterocycles. The predicted octanol–water partition coefficient (Wildman–Crippen LogP) is 10.2. The van der Waals surface area contributed by atoms with Crippen molar-refractivity contribution in [2.24, 2.45) is 0 Å². The van der Waals surface area contributed by atoms with Crippen molar-refractivity contribution in [2.45, 2.75) is 39.7 Å². The molecule has 0 saturated carbocycles. The Morgan fingerprint density at radius 1 is 0.956 bits per heavy atom. The SMILES string of the molecule is C=C\C(=C/C(=C\C)C(/C)=C/C=C(/NC)C(=C)C(=C)c1cc2c(-c3cccc(F)c3)cccc2[nH]1)NC(C)(C)Cc1ccccc1. The lowest BCUT2D eigenvalue weighted by Gasteiger charge is -2.28. The smallest absolute Gasteiger partial charge is 0.123 e. The van der Waals surface area contributed by atoms with E-state index >= 15 is 0 Å². The molecule has 230 valence electrons. The minimum absolute atomic E-state index is 0.157. The lowest BCUT2D eigenvalue weighted by Crippen LogP contribution is -2.40. The van der Waals surface area contributed by atoms with Crippen LogP contribution >= 0.6 is 0 Å². The van der Waals surface area contributed by atoms with Crippen LogP contribution in [0.1, 0.15) is 39.0 Å². The number of hydrogen-bond donors (Lipinski definition) is 3. The first-order valence-corrected chi connectivity index (χ1v) is 15.2. The highest BCUT2D eigenvalue weighted by Crippen LogP contribution is 2.33. The van der Waals surface area contributed by atoms with Crippen LogP contribution in [0.4, 0.5) is 4.39 Å². The quantitative estimate of drug-likeness (QED) is 0.134. The average Bonchev–Trinajstić information content (AvgIpc) is 3.47. The van der Waals surface area contributed by atoms with Gasteiger partial charge in [-0.3, -0.25) is 0 Å². The lowest BCUT2D eigenvalue weighted by atomic mass is 9.94. The van der Waals surface area contributed by atoms with E-state index in [2.05, 4.69) is 105 Å². The van der Waals surface area contributed by atoms with E-state index in [9.17, 15) is 4.39 Å². The number of H-pyrrole nitrogens is 1. The summed E-state index contributed by atoms with van der Waals surface area (Å²) >= 11 is 0. The third-order valence-electron chi connectivity index (χ3n) is 7.85. The Hall–Kier alpha value is -5.09. The van der Waals surface area contributed by atoms with E-state index in [0.29, 0.717) is 0 Å². The summed E-state index contributed by atoms with van der Waals surface area (Å²) in [6.45, 7) is 21.3. The first-order chi connectivity index (χ1) is 21.5. The first kappa shape index (κ1) is 32.8. The highest BCUT2D eigenvalue weighted by atomic mass is 19.1. The van der Waals surface area contributed by atoms with E-state index in [1.165, 1.54) is 11.6 Å². The highest BCUT2D eigenvalue weighted by molar-refractivity contribution is 5.98. The number of hydrogen-bond acceptors (Lipinski definition) is 2. The van der Waals surface area contributed by atoms with Gasteiger partial charge in [-0.1, -0.05) is 86.5 Å². The van der Waals surface area contributed by atoms with Crippen LogP contribution in [0.3, 0.4) is 0 Å². The molecule has 0 aliphatic carbocycles. The Balaban J connectivity index is 1.54. The molecule has 0 saturated heterocycles. The van der Waals surface area contributed by atoms with E-state index in [4.69, 9.17) is 0 Å². The molecule has 0 radical (unpaired) electrons. The summed E-state index contributed by atoms with van der Waals surface area (Å²) in [6.07, 6.45) is 11.1. The van der Waals surface area contributed by atoms with Gasteiger partial charge in [0.05, 0.1) is 0 Å². The summed E-state index contributed by atoms with van der Waals surface area (Å²) in [4.78, 5) is 3.48. The van der Waals surface area contributed by atoms with Gasteiger partial charge in [0.15, 0.2) is 0 Å². The van der Waals surface area contributed by atoms with Crippen molar-refractivity contribution in [1.82, 2.24) is 15.6 Å². The molecule has 45 heavy (non-hydrogen) atoms. The fourth-order valence-electron chi connectivity index (χ4n) is 5.47. The number of likely N-dealkylation sites (N-methyl/N-ethyl adjacent to an activating group) is 1. The molecule has 4 aromatic rings. The largest absolute Gasteiger partial charge is 0.388 e. The normalized spacial score (nSPS) is 13.1. The zero-order valence-electron chi connectivity index (χ0n) is 27.1. The van der Waals surface area contributed by atoms with E-state index in [0.717, 1.165) is 67.8 Å². The summed E-state index contributed by atoms with van der Waals surface area (Å²) < 4.78 is 14.0. The summed E-state index contributed by atoms with van der Waals surface area (Å²) in [6, 6.07) is 25.2. The van der Waals surface area contributed by atoms with Crippen LogP contribution in [0.2, 0.25) is 0 Å². The predicted molar refractivity (Wildman–Crippen MR) is 192 cm³/mol. The van der Waals surface area contributed by atoms with Crippen LogP contribution in [0.25, 0.3) is 27.6 Å². The zero-order valence-corrected chi connectivity index (χ0v) is 27.1. The van der Waals surface area contributed by atoms with Crippen molar-refractivity contribution in [2.75, 3.05) is 7.05 Å². The van der Waals surface area contributed by atoms with Crippen LogP contribution in [0.15, 0.2) is 157 Å². The van der Waals surface area contributed by atoms with Crippen molar-refractivity contribution in [3.63, 3.8) is 0 Å². The van der Waals surface area contributed by atoms with Crippen LogP contribution in [0, 0.1) is 5.82 Å². The molecule has 4 rings (SSSR count). The van der Waals surface area contributed by atoms with Crippen molar-refractivity contribution in [3.8, 4) is 11.1 Å².